The molecule has 0 saturated carbocycles. The van der Waals surface area contributed by atoms with E-state index in [4.69, 9.17) is 0 Å². The van der Waals surface area contributed by atoms with Crippen molar-refractivity contribution in [3.05, 3.63) is 23.0 Å². The lowest BCUT2D eigenvalue weighted by Crippen LogP contribution is -1.92. The van der Waals surface area contributed by atoms with Crippen LogP contribution in [0.25, 0.3) is 4.96 Å². The topological polar surface area (TPSA) is 34.4 Å². The van der Waals surface area contributed by atoms with Gasteiger partial charge >= 0.3 is 0 Å². The van der Waals surface area contributed by atoms with Gasteiger partial charge < -0.3 is 0 Å². The molecular formula is C8H9BrN2OS. The van der Waals surface area contributed by atoms with Gasteiger partial charge in [-0.1, -0.05) is 11.3 Å². The number of hydrogen-bond acceptors (Lipinski definition) is 3. The highest BCUT2D eigenvalue weighted by Gasteiger charge is 2.11. The van der Waals surface area contributed by atoms with Gasteiger partial charge in [-0.25, -0.2) is 4.98 Å². The van der Waals surface area contributed by atoms with Crippen LogP contribution in [0.5, 0.6) is 0 Å². The number of hydrogen-bond donors (Lipinski definition) is 0. The Hall–Kier alpha value is -0.680. The minimum absolute atomic E-state index is 0. The molecule has 2 heterocycles. The molecule has 0 saturated heterocycles. The first-order valence-electron chi connectivity index (χ1n) is 3.63. The fourth-order valence-corrected chi connectivity index (χ4v) is 2.20. The lowest BCUT2D eigenvalue weighted by molar-refractivity contribution is 0.102. The number of ketones is 1. The molecule has 0 fully saturated rings. The largest absolute Gasteiger partial charge is 0.294 e. The monoisotopic (exact) mass is 260 g/mol. The molecule has 0 spiro atoms. The lowest BCUT2D eigenvalue weighted by atomic mass is 10.3. The summed E-state index contributed by atoms with van der Waals surface area (Å²) >= 11 is 1.44. The smallest absolute Gasteiger partial charge is 0.194 e. The minimum Gasteiger partial charge on any atom is -0.294 e. The first-order valence-corrected chi connectivity index (χ1v) is 4.45. The van der Waals surface area contributed by atoms with Gasteiger partial charge in [0.25, 0.3) is 0 Å². The number of aromatic nitrogens is 2. The molecule has 0 atom stereocenters. The van der Waals surface area contributed by atoms with Crippen molar-refractivity contribution in [1.82, 2.24) is 9.38 Å². The van der Waals surface area contributed by atoms with E-state index in [0.29, 0.717) is 0 Å². The quantitative estimate of drug-likeness (QED) is 0.739. The molecule has 2 rings (SSSR count). The van der Waals surface area contributed by atoms with Crippen molar-refractivity contribution in [1.29, 1.82) is 0 Å². The summed E-state index contributed by atoms with van der Waals surface area (Å²) in [6.07, 6.45) is 3.61. The van der Waals surface area contributed by atoms with E-state index in [2.05, 4.69) is 4.98 Å². The van der Waals surface area contributed by atoms with Crippen LogP contribution in [0.3, 0.4) is 0 Å². The van der Waals surface area contributed by atoms with Crippen LogP contribution in [-0.2, 0) is 0 Å². The van der Waals surface area contributed by atoms with Gasteiger partial charge in [0.1, 0.15) is 0 Å². The zero-order valence-corrected chi connectivity index (χ0v) is 9.80. The van der Waals surface area contributed by atoms with Crippen LogP contribution in [0.15, 0.2) is 12.4 Å². The predicted octanol–water partition coefficient (Wildman–Crippen LogP) is 2.48. The maximum atomic E-state index is 11.1. The SMILES string of the molecule is Br.CC(=O)c1sc2nccn2c1C. The number of fused-ring (bicyclic) bond motifs is 1. The number of thiazole rings is 1. The van der Waals surface area contributed by atoms with Crippen molar-refractivity contribution < 1.29 is 4.79 Å². The summed E-state index contributed by atoms with van der Waals surface area (Å²) in [7, 11) is 0. The van der Waals surface area contributed by atoms with Crippen molar-refractivity contribution in [2.75, 3.05) is 0 Å². The van der Waals surface area contributed by atoms with Crippen LogP contribution >= 0.6 is 28.3 Å². The van der Waals surface area contributed by atoms with Crippen LogP contribution in [-0.4, -0.2) is 15.2 Å². The first kappa shape index (κ1) is 10.4. The predicted molar refractivity (Wildman–Crippen MR) is 58.1 cm³/mol. The molecule has 0 unspecified atom stereocenters. The van der Waals surface area contributed by atoms with Gasteiger partial charge in [-0.3, -0.25) is 9.20 Å². The number of halogens is 1. The van der Waals surface area contributed by atoms with E-state index in [9.17, 15) is 4.79 Å². The van der Waals surface area contributed by atoms with E-state index in [1.54, 1.807) is 13.1 Å². The Bertz CT molecular complexity index is 446. The summed E-state index contributed by atoms with van der Waals surface area (Å²) in [4.78, 5) is 16.9. The number of Topliss-reactive ketones (excluding diaryl/α,β-unsaturated/α-hetero) is 1. The molecule has 13 heavy (non-hydrogen) atoms. The maximum absolute atomic E-state index is 11.1. The first-order chi connectivity index (χ1) is 5.70. The molecule has 0 aliphatic carbocycles. The summed E-state index contributed by atoms with van der Waals surface area (Å²) in [6, 6.07) is 0. The highest BCUT2D eigenvalue weighted by molar-refractivity contribution is 8.93. The van der Waals surface area contributed by atoms with E-state index in [0.717, 1.165) is 15.5 Å². The number of rotatable bonds is 1. The van der Waals surface area contributed by atoms with Crippen molar-refractivity contribution in [3.63, 3.8) is 0 Å². The van der Waals surface area contributed by atoms with Crippen LogP contribution in [0.2, 0.25) is 0 Å². The second kappa shape index (κ2) is 3.59. The van der Waals surface area contributed by atoms with Crippen molar-refractivity contribution >= 4 is 39.1 Å². The highest BCUT2D eigenvalue weighted by atomic mass is 79.9. The standard InChI is InChI=1S/C8H8N2OS.BrH/c1-5-7(6(2)11)12-8-9-3-4-10(5)8;/h3-4H,1-2H3;1H. The van der Waals surface area contributed by atoms with E-state index in [1.165, 1.54) is 11.3 Å². The average Bonchev–Trinajstić information content (AvgIpc) is 2.53. The van der Waals surface area contributed by atoms with Crippen LogP contribution in [0.1, 0.15) is 22.3 Å². The Morgan fingerprint density at radius 2 is 2.31 bits per heavy atom. The Morgan fingerprint density at radius 1 is 1.62 bits per heavy atom. The van der Waals surface area contributed by atoms with Crippen molar-refractivity contribution in [2.24, 2.45) is 0 Å². The molecule has 0 amide bonds. The maximum Gasteiger partial charge on any atom is 0.194 e. The molecule has 0 bridgehead atoms. The van der Waals surface area contributed by atoms with Gasteiger partial charge in [0, 0.05) is 25.0 Å². The molecule has 2 aromatic heterocycles. The third-order valence-electron chi connectivity index (χ3n) is 1.81. The molecule has 3 nitrogen and oxygen atoms in total. The minimum atomic E-state index is 0. The molecule has 0 radical (unpaired) electrons. The normalized spacial score (nSPS) is 10.0. The number of imidazole rings is 1. The lowest BCUT2D eigenvalue weighted by Gasteiger charge is -1.90. The van der Waals surface area contributed by atoms with Gasteiger partial charge in [0.05, 0.1) is 4.88 Å². The molecule has 5 heteroatoms. The molecule has 2 aromatic rings. The second-order valence-electron chi connectivity index (χ2n) is 2.65. The van der Waals surface area contributed by atoms with Gasteiger partial charge in [-0.05, 0) is 6.92 Å². The van der Waals surface area contributed by atoms with E-state index in [1.807, 2.05) is 17.5 Å². The average molecular weight is 261 g/mol. The Labute approximate surface area is 90.2 Å². The van der Waals surface area contributed by atoms with Gasteiger partial charge in [0.2, 0.25) is 0 Å². The Kier molecular flexibility index (Phi) is 2.87. The van der Waals surface area contributed by atoms with E-state index >= 15 is 0 Å². The number of nitrogens with zero attached hydrogens (tertiary/aromatic N) is 2. The van der Waals surface area contributed by atoms with E-state index < -0.39 is 0 Å². The number of carbonyl (C=O) groups is 1. The Morgan fingerprint density at radius 3 is 2.85 bits per heavy atom. The summed E-state index contributed by atoms with van der Waals surface area (Å²) in [5, 5.41) is 0. The summed E-state index contributed by atoms with van der Waals surface area (Å²) in [5.74, 6) is 0.114. The van der Waals surface area contributed by atoms with Crippen molar-refractivity contribution in [3.8, 4) is 0 Å². The Balaban J connectivity index is 0.000000845. The van der Waals surface area contributed by atoms with Crippen LogP contribution < -0.4 is 0 Å². The fraction of sp³-hybridized carbons (Fsp3) is 0.250. The fourth-order valence-electron chi connectivity index (χ4n) is 1.22. The number of aryl methyl sites for hydroxylation is 1. The second-order valence-corrected chi connectivity index (χ2v) is 3.63. The molecule has 70 valence electrons. The molecule has 0 aromatic carbocycles. The van der Waals surface area contributed by atoms with Crippen LogP contribution in [0, 0.1) is 6.92 Å². The van der Waals surface area contributed by atoms with Gasteiger partial charge in [0.15, 0.2) is 10.7 Å². The zero-order chi connectivity index (χ0) is 8.72. The highest BCUT2D eigenvalue weighted by Crippen LogP contribution is 2.21. The summed E-state index contributed by atoms with van der Waals surface area (Å²) < 4.78 is 1.93. The molecule has 0 N–H and O–H groups in total. The molecule has 0 aliphatic rings. The van der Waals surface area contributed by atoms with Gasteiger partial charge in [-0.2, -0.15) is 0 Å². The zero-order valence-electron chi connectivity index (χ0n) is 7.27. The van der Waals surface area contributed by atoms with Crippen molar-refractivity contribution in [2.45, 2.75) is 13.8 Å². The van der Waals surface area contributed by atoms with Gasteiger partial charge in [-0.15, -0.1) is 17.0 Å². The summed E-state index contributed by atoms with van der Waals surface area (Å²) in [6.45, 7) is 3.51. The molecular weight excluding hydrogens is 252 g/mol. The third kappa shape index (κ3) is 1.53. The number of carbonyl (C=O) groups excluding carboxylic acids is 1. The third-order valence-corrected chi connectivity index (χ3v) is 3.08. The molecule has 0 aliphatic heterocycles. The van der Waals surface area contributed by atoms with E-state index in [-0.39, 0.29) is 22.8 Å². The van der Waals surface area contributed by atoms with Crippen LogP contribution in [0.4, 0.5) is 0 Å². The summed E-state index contributed by atoms with van der Waals surface area (Å²) in [5.41, 5.74) is 0.986.